The Morgan fingerprint density at radius 2 is 1.61 bits per heavy atom. The van der Waals surface area contributed by atoms with Gasteiger partial charge in [-0.3, -0.25) is 9.59 Å². The Balaban J connectivity index is 1.39. The smallest absolute Gasteiger partial charge is 0.256 e. The first-order valence-corrected chi connectivity index (χ1v) is 11.6. The summed E-state index contributed by atoms with van der Waals surface area (Å²) in [4.78, 5) is 30.2. The van der Waals surface area contributed by atoms with Crippen molar-refractivity contribution >= 4 is 17.5 Å². The fourth-order valence-electron chi connectivity index (χ4n) is 4.72. The number of aryl methyl sites for hydroxylation is 1. The maximum absolute atomic E-state index is 13.3. The highest BCUT2D eigenvalue weighted by atomic mass is 16.2. The highest BCUT2D eigenvalue weighted by Gasteiger charge is 2.28. The number of carbonyl (C=O) groups excluding carboxylic acids is 2. The van der Waals surface area contributed by atoms with E-state index in [1.165, 1.54) is 6.42 Å². The Morgan fingerprint density at radius 3 is 2.32 bits per heavy atom. The van der Waals surface area contributed by atoms with Crippen molar-refractivity contribution in [2.75, 3.05) is 24.5 Å². The van der Waals surface area contributed by atoms with Crippen LogP contribution in [0.1, 0.15) is 65.3 Å². The van der Waals surface area contributed by atoms with Gasteiger partial charge in [-0.15, -0.1) is 0 Å². The van der Waals surface area contributed by atoms with Gasteiger partial charge in [-0.05, 0) is 70.2 Å². The molecule has 4 rings (SSSR count). The SMILES string of the molecule is Cc1ccc(C(=O)NC2CCN(c3ccccc3C(=O)N3CCCC[C@H]3C)CC2)cc1. The number of piperidine rings is 2. The van der Waals surface area contributed by atoms with Crippen molar-refractivity contribution < 1.29 is 9.59 Å². The van der Waals surface area contributed by atoms with E-state index in [9.17, 15) is 9.59 Å². The lowest BCUT2D eigenvalue weighted by Crippen LogP contribution is -2.46. The molecule has 164 valence electrons. The first-order chi connectivity index (χ1) is 15.0. The Bertz CT molecular complexity index is 917. The number of nitrogens with zero attached hydrogens (tertiary/aromatic N) is 2. The second kappa shape index (κ2) is 9.54. The van der Waals surface area contributed by atoms with E-state index in [-0.39, 0.29) is 17.9 Å². The third kappa shape index (κ3) is 4.92. The largest absolute Gasteiger partial charge is 0.371 e. The molecule has 2 aromatic carbocycles. The van der Waals surface area contributed by atoms with Crippen LogP contribution in [0.4, 0.5) is 5.69 Å². The normalized spacial score (nSPS) is 19.9. The molecule has 2 aromatic rings. The molecule has 1 atom stereocenters. The molecule has 2 aliphatic heterocycles. The first-order valence-electron chi connectivity index (χ1n) is 11.6. The number of rotatable bonds is 4. The second-order valence-electron chi connectivity index (χ2n) is 8.96. The van der Waals surface area contributed by atoms with Crippen LogP contribution < -0.4 is 10.2 Å². The molecule has 0 saturated carbocycles. The van der Waals surface area contributed by atoms with Crippen LogP contribution in [0.3, 0.4) is 0 Å². The minimum Gasteiger partial charge on any atom is -0.371 e. The highest BCUT2D eigenvalue weighted by molar-refractivity contribution is 6.00. The fourth-order valence-corrected chi connectivity index (χ4v) is 4.72. The van der Waals surface area contributed by atoms with Crippen LogP contribution in [0.5, 0.6) is 0 Å². The number of benzene rings is 2. The first kappa shape index (κ1) is 21.4. The zero-order chi connectivity index (χ0) is 21.8. The van der Waals surface area contributed by atoms with Gasteiger partial charge in [0.25, 0.3) is 11.8 Å². The minimum absolute atomic E-state index is 0.00638. The summed E-state index contributed by atoms with van der Waals surface area (Å²) in [7, 11) is 0. The molecule has 0 aliphatic carbocycles. The van der Waals surface area contributed by atoms with Crippen LogP contribution in [0.2, 0.25) is 0 Å². The van der Waals surface area contributed by atoms with Gasteiger partial charge >= 0.3 is 0 Å². The van der Waals surface area contributed by atoms with Crippen molar-refractivity contribution in [2.45, 2.75) is 58.0 Å². The number of hydrogen-bond acceptors (Lipinski definition) is 3. The standard InChI is InChI=1S/C26H33N3O2/c1-19-10-12-21(13-11-19)25(30)27-22-14-17-28(18-15-22)24-9-4-3-8-23(24)26(31)29-16-6-5-7-20(29)2/h3-4,8-13,20,22H,5-7,14-18H2,1-2H3,(H,27,30)/t20-/m1/s1. The van der Waals surface area contributed by atoms with E-state index >= 15 is 0 Å². The lowest BCUT2D eigenvalue weighted by Gasteiger charge is -2.37. The molecule has 2 aliphatic rings. The van der Waals surface area contributed by atoms with Crippen LogP contribution in [0, 0.1) is 6.92 Å². The zero-order valence-corrected chi connectivity index (χ0v) is 18.6. The van der Waals surface area contributed by atoms with Gasteiger partial charge in [0.15, 0.2) is 0 Å². The summed E-state index contributed by atoms with van der Waals surface area (Å²) in [5.41, 5.74) is 3.68. The maximum atomic E-state index is 13.3. The predicted octanol–water partition coefficient (Wildman–Crippen LogP) is 4.41. The molecule has 2 heterocycles. The van der Waals surface area contributed by atoms with E-state index < -0.39 is 0 Å². The van der Waals surface area contributed by atoms with Crippen LogP contribution in [-0.4, -0.2) is 48.4 Å². The van der Waals surface area contributed by atoms with E-state index in [2.05, 4.69) is 23.2 Å². The molecule has 5 heteroatoms. The van der Waals surface area contributed by atoms with Gasteiger partial charge in [0.1, 0.15) is 0 Å². The number of para-hydroxylation sites is 1. The molecule has 5 nitrogen and oxygen atoms in total. The zero-order valence-electron chi connectivity index (χ0n) is 18.6. The highest BCUT2D eigenvalue weighted by Crippen LogP contribution is 2.28. The van der Waals surface area contributed by atoms with E-state index in [1.807, 2.05) is 54.3 Å². The van der Waals surface area contributed by atoms with Gasteiger partial charge in [0.05, 0.1) is 5.56 Å². The van der Waals surface area contributed by atoms with Gasteiger partial charge < -0.3 is 15.1 Å². The summed E-state index contributed by atoms with van der Waals surface area (Å²) in [6.45, 7) is 6.69. The number of nitrogens with one attached hydrogen (secondary N) is 1. The molecular formula is C26H33N3O2. The molecular weight excluding hydrogens is 386 g/mol. The predicted molar refractivity (Wildman–Crippen MR) is 125 cm³/mol. The number of anilines is 1. The summed E-state index contributed by atoms with van der Waals surface area (Å²) in [5, 5.41) is 3.18. The van der Waals surface area contributed by atoms with Crippen LogP contribution in [0.15, 0.2) is 48.5 Å². The summed E-state index contributed by atoms with van der Waals surface area (Å²) in [5.74, 6) is 0.144. The summed E-state index contributed by atoms with van der Waals surface area (Å²) < 4.78 is 0. The quantitative estimate of drug-likeness (QED) is 0.799. The van der Waals surface area contributed by atoms with Crippen molar-refractivity contribution in [1.82, 2.24) is 10.2 Å². The molecule has 0 radical (unpaired) electrons. The molecule has 0 unspecified atom stereocenters. The molecule has 0 spiro atoms. The Kier molecular flexibility index (Phi) is 6.59. The van der Waals surface area contributed by atoms with Crippen molar-refractivity contribution in [1.29, 1.82) is 0 Å². The van der Waals surface area contributed by atoms with E-state index in [4.69, 9.17) is 0 Å². The van der Waals surface area contributed by atoms with Gasteiger partial charge in [-0.1, -0.05) is 29.8 Å². The Labute approximate surface area is 185 Å². The number of amides is 2. The summed E-state index contributed by atoms with van der Waals surface area (Å²) in [6.07, 6.45) is 5.12. The molecule has 2 fully saturated rings. The maximum Gasteiger partial charge on any atom is 0.256 e. The summed E-state index contributed by atoms with van der Waals surface area (Å²) >= 11 is 0. The molecule has 0 bridgehead atoms. The van der Waals surface area contributed by atoms with Gasteiger partial charge in [-0.2, -0.15) is 0 Å². The summed E-state index contributed by atoms with van der Waals surface area (Å²) in [6, 6.07) is 16.1. The number of likely N-dealkylation sites (tertiary alicyclic amines) is 1. The van der Waals surface area contributed by atoms with Crippen molar-refractivity contribution in [2.24, 2.45) is 0 Å². The Hall–Kier alpha value is -2.82. The number of hydrogen-bond donors (Lipinski definition) is 1. The monoisotopic (exact) mass is 419 g/mol. The van der Waals surface area contributed by atoms with E-state index in [0.29, 0.717) is 11.6 Å². The molecule has 2 amide bonds. The van der Waals surface area contributed by atoms with Gasteiger partial charge in [0.2, 0.25) is 0 Å². The third-order valence-corrected chi connectivity index (χ3v) is 6.68. The van der Waals surface area contributed by atoms with Crippen LogP contribution in [-0.2, 0) is 0 Å². The minimum atomic E-state index is -0.00638. The lowest BCUT2D eigenvalue weighted by atomic mass is 9.99. The fraction of sp³-hybridized carbons (Fsp3) is 0.462. The van der Waals surface area contributed by atoms with Crippen molar-refractivity contribution in [3.63, 3.8) is 0 Å². The molecule has 2 saturated heterocycles. The molecule has 31 heavy (non-hydrogen) atoms. The van der Waals surface area contributed by atoms with Gasteiger partial charge in [-0.25, -0.2) is 0 Å². The van der Waals surface area contributed by atoms with E-state index in [0.717, 1.165) is 62.1 Å². The topological polar surface area (TPSA) is 52.7 Å². The van der Waals surface area contributed by atoms with Crippen molar-refractivity contribution in [3.8, 4) is 0 Å². The van der Waals surface area contributed by atoms with E-state index in [1.54, 1.807) is 0 Å². The lowest BCUT2D eigenvalue weighted by molar-refractivity contribution is 0.0636. The van der Waals surface area contributed by atoms with Crippen LogP contribution in [0.25, 0.3) is 0 Å². The number of carbonyl (C=O) groups is 2. The average Bonchev–Trinajstić information content (AvgIpc) is 2.80. The molecule has 1 N–H and O–H groups in total. The van der Waals surface area contributed by atoms with Gasteiger partial charge in [0, 0.05) is 43.0 Å². The second-order valence-corrected chi connectivity index (χ2v) is 8.96. The Morgan fingerprint density at radius 1 is 0.903 bits per heavy atom. The van der Waals surface area contributed by atoms with Crippen molar-refractivity contribution in [3.05, 3.63) is 65.2 Å². The third-order valence-electron chi connectivity index (χ3n) is 6.68. The molecule has 0 aromatic heterocycles. The van der Waals surface area contributed by atoms with Crippen LogP contribution >= 0.6 is 0 Å². The average molecular weight is 420 g/mol.